The Bertz CT molecular complexity index is 429. The Balaban J connectivity index is 1.50. The molecule has 1 spiro atoms. The molecule has 6 rings (SSSR count). The molecule has 4 saturated heterocycles. The van der Waals surface area contributed by atoms with Gasteiger partial charge in [0.2, 0.25) is 0 Å². The van der Waals surface area contributed by atoms with Crippen molar-refractivity contribution < 1.29 is 0 Å². The van der Waals surface area contributed by atoms with Gasteiger partial charge in [-0.3, -0.25) is 0 Å². The van der Waals surface area contributed by atoms with Crippen LogP contribution in [0.1, 0.15) is 77.0 Å². The monoisotopic (exact) mass is 358 g/mol. The largest absolute Gasteiger partial charge is 0.316 e. The second kappa shape index (κ2) is 6.07. The van der Waals surface area contributed by atoms with E-state index < -0.39 is 8.07 Å². The van der Waals surface area contributed by atoms with E-state index in [2.05, 4.69) is 10.6 Å². The van der Waals surface area contributed by atoms with E-state index in [9.17, 15) is 0 Å². The molecule has 6 fully saturated rings. The fourth-order valence-corrected chi connectivity index (χ4v) is 19.6. The van der Waals surface area contributed by atoms with Crippen molar-refractivity contribution in [2.45, 2.75) is 99.5 Å². The Morgan fingerprint density at radius 3 is 1.44 bits per heavy atom. The summed E-state index contributed by atoms with van der Waals surface area (Å²) in [5, 5.41) is 8.52. The molecule has 2 aliphatic carbocycles. The highest BCUT2D eigenvalue weighted by atomic mass is 28.3. The Kier molecular flexibility index (Phi) is 3.91. The number of fused-ring (bicyclic) bond motifs is 10. The lowest BCUT2D eigenvalue weighted by atomic mass is 9.73. The van der Waals surface area contributed by atoms with Gasteiger partial charge in [0.1, 0.15) is 0 Å². The summed E-state index contributed by atoms with van der Waals surface area (Å²) in [5.74, 6) is 4.41. The lowest BCUT2D eigenvalue weighted by Gasteiger charge is -2.49. The predicted molar refractivity (Wildman–Crippen MR) is 106 cm³/mol. The molecule has 0 aromatic heterocycles. The van der Waals surface area contributed by atoms with Crippen molar-refractivity contribution in [2.75, 3.05) is 13.1 Å². The second-order valence-electron chi connectivity index (χ2n) is 10.6. The molecular weight excluding hydrogens is 320 g/mol. The zero-order chi connectivity index (χ0) is 16.4. The van der Waals surface area contributed by atoms with E-state index in [0.717, 1.165) is 35.0 Å². The summed E-state index contributed by atoms with van der Waals surface area (Å²) in [6.07, 6.45) is 18.7. The van der Waals surface area contributed by atoms with Crippen LogP contribution in [0.5, 0.6) is 0 Å². The number of hydrogen-bond acceptors (Lipinski definition) is 2. The predicted octanol–water partition coefficient (Wildman–Crippen LogP) is 4.40. The Morgan fingerprint density at radius 1 is 0.480 bits per heavy atom. The molecule has 2 N–H and O–H groups in total. The van der Waals surface area contributed by atoms with E-state index in [1.165, 1.54) is 37.0 Å². The Labute approximate surface area is 155 Å². The third kappa shape index (κ3) is 2.04. The molecule has 0 aromatic carbocycles. The smallest absolute Gasteiger partial charge is 0.0982 e. The number of nitrogens with one attached hydrogen (secondary N) is 2. The average molecular weight is 359 g/mol. The van der Waals surface area contributed by atoms with Gasteiger partial charge in [-0.25, -0.2) is 0 Å². The maximum atomic E-state index is 4.26. The average Bonchev–Trinajstić information content (AvgIpc) is 3.16. The van der Waals surface area contributed by atoms with E-state index in [0.29, 0.717) is 0 Å². The first-order chi connectivity index (χ1) is 12.4. The van der Waals surface area contributed by atoms with Crippen LogP contribution in [-0.2, 0) is 0 Å². The lowest BCUT2D eigenvalue weighted by molar-refractivity contribution is 0.217. The standard InChI is InChI=1S/C22H38N2Si/c1-3-11-19-15(7-1)16-8-2-4-12-20(16)25(19)21-17(9-5-13-23-21)18-10-6-14-24-22(18)25/h15-24H,1-14H2. The number of rotatable bonds is 0. The van der Waals surface area contributed by atoms with Crippen molar-refractivity contribution >= 4 is 8.07 Å². The minimum atomic E-state index is -1.34. The molecule has 0 amide bonds. The molecule has 2 saturated carbocycles. The third-order valence-corrected chi connectivity index (χ3v) is 17.5. The summed E-state index contributed by atoms with van der Waals surface area (Å²) in [6, 6.07) is 0. The summed E-state index contributed by atoms with van der Waals surface area (Å²) in [5.41, 5.74) is 4.38. The molecule has 140 valence electrons. The maximum Gasteiger partial charge on any atom is 0.0982 e. The highest BCUT2D eigenvalue weighted by molar-refractivity contribution is 6.87. The van der Waals surface area contributed by atoms with Gasteiger partial charge in [0.15, 0.2) is 0 Å². The van der Waals surface area contributed by atoms with E-state index in [1.807, 2.05) is 0 Å². The van der Waals surface area contributed by atoms with Crippen molar-refractivity contribution in [3.05, 3.63) is 0 Å². The Hall–Kier alpha value is 0.137. The topological polar surface area (TPSA) is 24.1 Å². The van der Waals surface area contributed by atoms with Crippen molar-refractivity contribution in [3.8, 4) is 0 Å². The van der Waals surface area contributed by atoms with Crippen LogP contribution < -0.4 is 10.6 Å². The van der Waals surface area contributed by atoms with Crippen LogP contribution in [0.15, 0.2) is 0 Å². The molecule has 0 radical (unpaired) electrons. The summed E-state index contributed by atoms with van der Waals surface area (Å²) in [4.78, 5) is 0. The molecule has 0 aromatic rings. The molecule has 2 nitrogen and oxygen atoms in total. The minimum absolute atomic E-state index is 1.00. The van der Waals surface area contributed by atoms with Crippen molar-refractivity contribution in [2.24, 2.45) is 23.7 Å². The SMILES string of the molecule is C1CCC2C(C1)C1CCCCC1[Si]21C2NCCCC2C2CCCNC21. The molecular formula is C22H38N2Si. The van der Waals surface area contributed by atoms with Crippen LogP contribution in [0, 0.1) is 23.7 Å². The molecule has 25 heavy (non-hydrogen) atoms. The molecule has 4 heterocycles. The molecule has 0 bridgehead atoms. The number of hydrogen-bond donors (Lipinski definition) is 2. The van der Waals surface area contributed by atoms with Crippen molar-refractivity contribution in [1.82, 2.24) is 10.6 Å². The van der Waals surface area contributed by atoms with Gasteiger partial charge in [0.05, 0.1) is 8.07 Å². The van der Waals surface area contributed by atoms with E-state index in [-0.39, 0.29) is 0 Å². The van der Waals surface area contributed by atoms with Crippen molar-refractivity contribution in [3.63, 3.8) is 0 Å². The normalized spacial score (nSPS) is 57.6. The van der Waals surface area contributed by atoms with E-state index in [4.69, 9.17) is 0 Å². The molecule has 4 aliphatic heterocycles. The molecule has 8 atom stereocenters. The van der Waals surface area contributed by atoms with Crippen LogP contribution in [0.3, 0.4) is 0 Å². The highest BCUT2D eigenvalue weighted by Crippen LogP contribution is 2.70. The van der Waals surface area contributed by atoms with Crippen LogP contribution in [0.4, 0.5) is 0 Å². The zero-order valence-electron chi connectivity index (χ0n) is 16.0. The van der Waals surface area contributed by atoms with Crippen molar-refractivity contribution in [1.29, 1.82) is 0 Å². The van der Waals surface area contributed by atoms with Gasteiger partial charge in [-0.05, 0) is 73.5 Å². The van der Waals surface area contributed by atoms with Gasteiger partial charge in [0.25, 0.3) is 0 Å². The number of piperidine rings is 2. The van der Waals surface area contributed by atoms with Crippen LogP contribution >= 0.6 is 0 Å². The summed E-state index contributed by atoms with van der Waals surface area (Å²) < 4.78 is 0. The second-order valence-corrected chi connectivity index (χ2v) is 15.3. The van der Waals surface area contributed by atoms with Gasteiger partial charge in [-0.2, -0.15) is 0 Å². The van der Waals surface area contributed by atoms with Crippen LogP contribution in [0.2, 0.25) is 11.1 Å². The highest BCUT2D eigenvalue weighted by Gasteiger charge is 2.73. The zero-order valence-corrected chi connectivity index (χ0v) is 17.0. The minimum Gasteiger partial charge on any atom is -0.316 e. The molecule has 8 unspecified atom stereocenters. The lowest BCUT2D eigenvalue weighted by Crippen LogP contribution is -2.68. The van der Waals surface area contributed by atoms with E-state index in [1.54, 1.807) is 64.2 Å². The molecule has 6 aliphatic rings. The van der Waals surface area contributed by atoms with Crippen LogP contribution in [-0.4, -0.2) is 32.5 Å². The fourth-order valence-electron chi connectivity index (χ4n) is 9.82. The first-order valence-electron chi connectivity index (χ1n) is 11.9. The summed E-state index contributed by atoms with van der Waals surface area (Å²) in [6.45, 7) is 2.67. The quantitative estimate of drug-likeness (QED) is 0.627. The van der Waals surface area contributed by atoms with Gasteiger partial charge in [-0.1, -0.05) is 51.4 Å². The fraction of sp³-hybridized carbons (Fsp3) is 1.00. The molecule has 3 heteroatoms. The van der Waals surface area contributed by atoms with Gasteiger partial charge < -0.3 is 10.6 Å². The first kappa shape index (κ1) is 16.1. The van der Waals surface area contributed by atoms with Gasteiger partial charge >= 0.3 is 0 Å². The third-order valence-electron chi connectivity index (χ3n) is 10.1. The van der Waals surface area contributed by atoms with Gasteiger partial charge in [0, 0.05) is 11.3 Å². The van der Waals surface area contributed by atoms with Crippen LogP contribution in [0.25, 0.3) is 0 Å². The van der Waals surface area contributed by atoms with E-state index >= 15 is 0 Å². The Morgan fingerprint density at radius 2 is 0.920 bits per heavy atom. The summed E-state index contributed by atoms with van der Waals surface area (Å²) in [7, 11) is -1.34. The van der Waals surface area contributed by atoms with Gasteiger partial charge in [-0.15, -0.1) is 0 Å². The first-order valence-corrected chi connectivity index (χ1v) is 14.2. The summed E-state index contributed by atoms with van der Waals surface area (Å²) >= 11 is 0. The maximum absolute atomic E-state index is 4.26.